The largest absolute Gasteiger partial charge is 0.423 e. The fourth-order valence-electron chi connectivity index (χ4n) is 4.76. The standard InChI is InChI=1S/C14H12F3N3O.C13H16N4O2/c15-14(16,17)12-11(7-18-20-13(12)21)19-10-6-5-8-3-1-2-4-9(8)10;14-9-11-1-2-12(15-10-11)16-4-6-17(7-5-16)13(19)3-8-18/h1-4,7,10H,5-6H2,(H2,19,20,21);1-2,10,18H,3-8H2. The first kappa shape index (κ1) is 28.6. The third kappa shape index (κ3) is 6.76. The Balaban J connectivity index is 0.000000186. The summed E-state index contributed by atoms with van der Waals surface area (Å²) >= 11 is 0. The number of benzene rings is 1. The van der Waals surface area contributed by atoms with Gasteiger partial charge in [-0.1, -0.05) is 24.3 Å². The maximum atomic E-state index is 13.0. The number of pyridine rings is 1. The van der Waals surface area contributed by atoms with E-state index >= 15 is 0 Å². The number of aliphatic hydroxyl groups is 1. The predicted octanol–water partition coefficient (Wildman–Crippen LogP) is 2.87. The summed E-state index contributed by atoms with van der Waals surface area (Å²) in [4.78, 5) is 31.1. The number of amides is 1. The van der Waals surface area contributed by atoms with E-state index in [-0.39, 0.29) is 30.7 Å². The van der Waals surface area contributed by atoms with E-state index in [0.717, 1.165) is 42.7 Å². The molecule has 2 aromatic heterocycles. The van der Waals surface area contributed by atoms with Crippen LogP contribution in [0.1, 0.15) is 41.1 Å². The number of alkyl halides is 3. The van der Waals surface area contributed by atoms with Gasteiger partial charge in [0, 0.05) is 38.8 Å². The maximum Gasteiger partial charge on any atom is 0.423 e. The molecule has 3 heterocycles. The van der Waals surface area contributed by atoms with Crippen LogP contribution in [0.15, 0.2) is 53.6 Å². The SMILES string of the molecule is N#Cc1ccc(N2CCN(C(=O)CCO)CC2)nc1.O=c1[nH]ncc(NC2CCc3ccccc32)c1C(F)(F)F. The number of hydrogen-bond acceptors (Lipinski definition) is 8. The van der Waals surface area contributed by atoms with Gasteiger partial charge in [0.25, 0.3) is 5.56 Å². The molecule has 1 amide bonds. The van der Waals surface area contributed by atoms with Crippen molar-refractivity contribution < 1.29 is 23.1 Å². The molecule has 2 aliphatic rings. The summed E-state index contributed by atoms with van der Waals surface area (Å²) in [6.07, 6.45) is -0.495. The van der Waals surface area contributed by atoms with E-state index in [4.69, 9.17) is 10.4 Å². The average Bonchev–Trinajstić information content (AvgIpc) is 3.36. The number of halogens is 3. The third-order valence-electron chi connectivity index (χ3n) is 6.76. The quantitative estimate of drug-likeness (QED) is 0.437. The van der Waals surface area contributed by atoms with Gasteiger partial charge in [-0.3, -0.25) is 9.59 Å². The van der Waals surface area contributed by atoms with Gasteiger partial charge in [0.2, 0.25) is 5.91 Å². The molecule has 210 valence electrons. The molecular weight excluding hydrogens is 527 g/mol. The molecule has 1 unspecified atom stereocenters. The molecule has 0 spiro atoms. The molecule has 40 heavy (non-hydrogen) atoms. The summed E-state index contributed by atoms with van der Waals surface area (Å²) in [6, 6.07) is 12.9. The van der Waals surface area contributed by atoms with E-state index in [2.05, 4.69) is 20.3 Å². The van der Waals surface area contributed by atoms with Crippen molar-refractivity contribution in [3.63, 3.8) is 0 Å². The van der Waals surface area contributed by atoms with Gasteiger partial charge >= 0.3 is 6.18 Å². The van der Waals surface area contributed by atoms with Crippen molar-refractivity contribution in [3.05, 3.63) is 81.4 Å². The summed E-state index contributed by atoms with van der Waals surface area (Å²) < 4.78 is 39.0. The van der Waals surface area contributed by atoms with Gasteiger partial charge in [-0.2, -0.15) is 23.5 Å². The lowest BCUT2D eigenvalue weighted by atomic mass is 10.1. The summed E-state index contributed by atoms with van der Waals surface area (Å²) in [5.74, 6) is 0.822. The van der Waals surface area contributed by atoms with E-state index in [0.29, 0.717) is 25.1 Å². The minimum Gasteiger partial charge on any atom is -0.396 e. The number of hydrogen-bond donors (Lipinski definition) is 3. The number of rotatable bonds is 5. The molecule has 0 saturated carbocycles. The number of anilines is 2. The van der Waals surface area contributed by atoms with Gasteiger partial charge < -0.3 is 20.2 Å². The normalized spacial score (nSPS) is 16.4. The van der Waals surface area contributed by atoms with Crippen LogP contribution in [0.2, 0.25) is 0 Å². The molecule has 0 bridgehead atoms. The molecule has 0 radical (unpaired) electrons. The molecule has 1 saturated heterocycles. The number of aromatic amines is 1. The van der Waals surface area contributed by atoms with Crippen LogP contribution < -0.4 is 15.8 Å². The molecule has 1 aliphatic heterocycles. The van der Waals surface area contributed by atoms with Gasteiger partial charge in [-0.25, -0.2) is 10.1 Å². The summed E-state index contributed by atoms with van der Waals surface area (Å²) in [5.41, 5.74) is -0.138. The van der Waals surface area contributed by atoms with Crippen LogP contribution in [0, 0.1) is 11.3 Å². The number of carbonyl (C=O) groups excluding carboxylic acids is 1. The van der Waals surface area contributed by atoms with E-state index in [1.54, 1.807) is 17.2 Å². The number of nitrogens with zero attached hydrogens (tertiary/aromatic N) is 5. The van der Waals surface area contributed by atoms with Crippen LogP contribution in [-0.4, -0.2) is 63.9 Å². The highest BCUT2D eigenvalue weighted by Gasteiger charge is 2.38. The molecule has 1 fully saturated rings. The topological polar surface area (TPSA) is 138 Å². The van der Waals surface area contributed by atoms with Crippen LogP contribution in [0.25, 0.3) is 0 Å². The lowest BCUT2D eigenvalue weighted by Crippen LogP contribution is -2.49. The molecule has 5 rings (SSSR count). The number of H-pyrrole nitrogens is 1. The third-order valence-corrected chi connectivity index (χ3v) is 6.76. The second-order valence-electron chi connectivity index (χ2n) is 9.28. The number of aromatic nitrogens is 3. The van der Waals surface area contributed by atoms with Crippen molar-refractivity contribution in [1.82, 2.24) is 20.1 Å². The molecule has 1 aliphatic carbocycles. The molecule has 10 nitrogen and oxygen atoms in total. The molecular formula is C27H28F3N7O3. The number of carbonyl (C=O) groups is 1. The Hall–Kier alpha value is -4.44. The smallest absolute Gasteiger partial charge is 0.396 e. The molecule has 1 aromatic carbocycles. The second-order valence-corrected chi connectivity index (χ2v) is 9.28. The van der Waals surface area contributed by atoms with Crippen LogP contribution in [0.5, 0.6) is 0 Å². The van der Waals surface area contributed by atoms with E-state index in [1.165, 1.54) is 0 Å². The minimum absolute atomic E-state index is 0.00469. The van der Waals surface area contributed by atoms with Crippen molar-refractivity contribution in [2.24, 2.45) is 0 Å². The fourth-order valence-corrected chi connectivity index (χ4v) is 4.76. The second kappa shape index (κ2) is 12.6. The van der Waals surface area contributed by atoms with Gasteiger partial charge in [0.15, 0.2) is 0 Å². The fraction of sp³-hybridized carbons (Fsp3) is 0.370. The minimum atomic E-state index is -4.73. The van der Waals surface area contributed by atoms with Crippen molar-refractivity contribution in [3.8, 4) is 6.07 Å². The van der Waals surface area contributed by atoms with Crippen LogP contribution >= 0.6 is 0 Å². The predicted molar refractivity (Wildman–Crippen MR) is 140 cm³/mol. The van der Waals surface area contributed by atoms with Crippen molar-refractivity contribution in [2.45, 2.75) is 31.5 Å². The Morgan fingerprint density at radius 2 is 1.90 bits per heavy atom. The molecule has 1 atom stereocenters. The van der Waals surface area contributed by atoms with Gasteiger partial charge in [0.1, 0.15) is 17.5 Å². The van der Waals surface area contributed by atoms with Gasteiger partial charge in [0.05, 0.1) is 30.1 Å². The highest BCUT2D eigenvalue weighted by Crippen LogP contribution is 2.37. The Kier molecular flexibility index (Phi) is 9.00. The van der Waals surface area contributed by atoms with Crippen LogP contribution in [-0.2, 0) is 17.4 Å². The number of aliphatic hydroxyl groups excluding tert-OH is 1. The molecule has 13 heteroatoms. The van der Waals surface area contributed by atoms with Gasteiger partial charge in [-0.15, -0.1) is 0 Å². The molecule has 3 N–H and O–H groups in total. The van der Waals surface area contributed by atoms with E-state index < -0.39 is 17.3 Å². The first-order chi connectivity index (χ1) is 19.2. The highest BCUT2D eigenvalue weighted by molar-refractivity contribution is 5.76. The Morgan fingerprint density at radius 3 is 2.55 bits per heavy atom. The molecule has 3 aromatic rings. The summed E-state index contributed by atoms with van der Waals surface area (Å²) in [6.45, 7) is 2.61. The number of fused-ring (bicyclic) bond motifs is 1. The average molecular weight is 556 g/mol. The summed E-state index contributed by atoms with van der Waals surface area (Å²) in [7, 11) is 0. The van der Waals surface area contributed by atoms with E-state index in [1.807, 2.05) is 41.5 Å². The Bertz CT molecular complexity index is 1410. The number of aryl methyl sites for hydroxylation is 1. The summed E-state index contributed by atoms with van der Waals surface area (Å²) in [5, 5.41) is 25.6. The first-order valence-corrected chi connectivity index (χ1v) is 12.7. The lowest BCUT2D eigenvalue weighted by Gasteiger charge is -2.35. The van der Waals surface area contributed by atoms with Crippen LogP contribution in [0.4, 0.5) is 24.7 Å². The number of nitrogens with one attached hydrogen (secondary N) is 2. The van der Waals surface area contributed by atoms with Crippen LogP contribution in [0.3, 0.4) is 0 Å². The zero-order valence-electron chi connectivity index (χ0n) is 21.5. The van der Waals surface area contributed by atoms with Crippen molar-refractivity contribution in [2.75, 3.05) is 43.0 Å². The zero-order chi connectivity index (χ0) is 28.7. The number of piperazine rings is 1. The maximum absolute atomic E-state index is 13.0. The van der Waals surface area contributed by atoms with Gasteiger partial charge in [-0.05, 0) is 36.1 Å². The van der Waals surface area contributed by atoms with Crippen molar-refractivity contribution in [1.29, 1.82) is 5.26 Å². The Labute approximate surface area is 228 Å². The zero-order valence-corrected chi connectivity index (χ0v) is 21.5. The lowest BCUT2D eigenvalue weighted by molar-refractivity contribution is -0.138. The first-order valence-electron chi connectivity index (χ1n) is 12.7. The highest BCUT2D eigenvalue weighted by atomic mass is 19.4. The number of nitriles is 1. The monoisotopic (exact) mass is 555 g/mol. The van der Waals surface area contributed by atoms with E-state index in [9.17, 15) is 22.8 Å². The Morgan fingerprint density at radius 1 is 1.15 bits per heavy atom. The van der Waals surface area contributed by atoms with Crippen molar-refractivity contribution >= 4 is 17.4 Å².